The minimum Gasteiger partial charge on any atom is -0.395 e. The van der Waals surface area contributed by atoms with Gasteiger partial charge in [0.2, 0.25) is 0 Å². The number of aliphatic hydroxyl groups excluding tert-OH is 2. The van der Waals surface area contributed by atoms with Gasteiger partial charge in [0.05, 0.1) is 23.7 Å². The first kappa shape index (κ1) is 13.5. The summed E-state index contributed by atoms with van der Waals surface area (Å²) in [6.07, 6.45) is 1.38. The lowest BCUT2D eigenvalue weighted by Crippen LogP contribution is -2.51. The van der Waals surface area contributed by atoms with Crippen LogP contribution in [0.1, 0.15) is 40.0 Å². The molecule has 19 heavy (non-hydrogen) atoms. The zero-order valence-corrected chi connectivity index (χ0v) is 11.9. The maximum Gasteiger partial charge on any atom is 0.145 e. The molecule has 0 aromatic carbocycles. The van der Waals surface area contributed by atoms with E-state index < -0.39 is 22.5 Å². The molecule has 0 aromatic heterocycles. The molecule has 4 heteroatoms. The van der Waals surface area contributed by atoms with E-state index >= 15 is 0 Å². The van der Waals surface area contributed by atoms with Gasteiger partial charge in [-0.25, -0.2) is 0 Å². The standard InChI is InChI=1S/C15H24O4/c1-13(2,19)9-6-10(17)14(3)8-4-5-15(14,7-16)12(18)11(8)9/h8-11,16-17,19H,4-7H2,1-3H3. The van der Waals surface area contributed by atoms with Crippen molar-refractivity contribution in [2.75, 3.05) is 6.61 Å². The first-order valence-corrected chi connectivity index (χ1v) is 7.26. The molecule has 108 valence electrons. The Labute approximate surface area is 113 Å². The maximum atomic E-state index is 12.8. The van der Waals surface area contributed by atoms with Crippen LogP contribution in [0.3, 0.4) is 0 Å². The summed E-state index contributed by atoms with van der Waals surface area (Å²) in [5.74, 6) is -0.221. The molecule has 4 bridgehead atoms. The van der Waals surface area contributed by atoms with Crippen LogP contribution in [0.4, 0.5) is 0 Å². The topological polar surface area (TPSA) is 77.8 Å². The van der Waals surface area contributed by atoms with Gasteiger partial charge in [0, 0.05) is 11.3 Å². The van der Waals surface area contributed by atoms with Gasteiger partial charge in [-0.2, -0.15) is 0 Å². The molecule has 0 aromatic rings. The molecule has 3 aliphatic rings. The van der Waals surface area contributed by atoms with Crippen molar-refractivity contribution >= 4 is 5.78 Å². The molecule has 0 spiro atoms. The van der Waals surface area contributed by atoms with Gasteiger partial charge in [-0.05, 0) is 44.9 Å². The molecule has 0 saturated heterocycles. The van der Waals surface area contributed by atoms with Crippen molar-refractivity contribution in [2.24, 2.45) is 28.6 Å². The fraction of sp³-hybridized carbons (Fsp3) is 0.933. The summed E-state index contributed by atoms with van der Waals surface area (Å²) in [5, 5.41) is 30.8. The summed E-state index contributed by atoms with van der Waals surface area (Å²) < 4.78 is 0. The molecule has 6 unspecified atom stereocenters. The summed E-state index contributed by atoms with van der Waals surface area (Å²) in [4.78, 5) is 12.8. The second kappa shape index (κ2) is 3.60. The Kier molecular flexibility index (Phi) is 2.56. The quantitative estimate of drug-likeness (QED) is 0.690. The molecule has 3 saturated carbocycles. The van der Waals surface area contributed by atoms with Crippen LogP contribution in [-0.2, 0) is 4.79 Å². The molecule has 3 rings (SSSR count). The van der Waals surface area contributed by atoms with Gasteiger partial charge in [0.1, 0.15) is 5.78 Å². The highest BCUT2D eigenvalue weighted by molar-refractivity contribution is 5.93. The maximum absolute atomic E-state index is 12.8. The minimum atomic E-state index is -0.968. The summed E-state index contributed by atoms with van der Waals surface area (Å²) in [7, 11) is 0. The van der Waals surface area contributed by atoms with E-state index in [4.69, 9.17) is 0 Å². The van der Waals surface area contributed by atoms with E-state index in [0.717, 1.165) is 6.42 Å². The number of hydrogen-bond acceptors (Lipinski definition) is 4. The van der Waals surface area contributed by atoms with E-state index in [2.05, 4.69) is 0 Å². The molecule has 3 N–H and O–H groups in total. The molecular formula is C15H24O4. The normalized spacial score (nSPS) is 52.8. The molecule has 0 amide bonds. The first-order valence-electron chi connectivity index (χ1n) is 7.26. The number of carbonyl (C=O) groups excluding carboxylic acids is 1. The molecular weight excluding hydrogens is 244 g/mol. The van der Waals surface area contributed by atoms with Crippen LogP contribution in [0.15, 0.2) is 0 Å². The Morgan fingerprint density at radius 2 is 2.05 bits per heavy atom. The number of Topliss-reactive ketones (excluding diaryl/α,β-unsaturated/α-hetero) is 1. The highest BCUT2D eigenvalue weighted by atomic mass is 16.3. The van der Waals surface area contributed by atoms with Gasteiger partial charge < -0.3 is 15.3 Å². The third kappa shape index (κ3) is 1.28. The lowest BCUT2D eigenvalue weighted by molar-refractivity contribution is -0.138. The molecule has 6 atom stereocenters. The van der Waals surface area contributed by atoms with E-state index in [1.807, 2.05) is 6.92 Å². The van der Waals surface area contributed by atoms with Gasteiger partial charge in [-0.3, -0.25) is 4.79 Å². The van der Waals surface area contributed by atoms with Crippen molar-refractivity contribution in [3.05, 3.63) is 0 Å². The molecule has 3 fully saturated rings. The lowest BCUT2D eigenvalue weighted by atomic mass is 9.59. The van der Waals surface area contributed by atoms with Crippen LogP contribution in [-0.4, -0.2) is 39.4 Å². The van der Waals surface area contributed by atoms with Crippen LogP contribution in [0.2, 0.25) is 0 Å². The zero-order chi connectivity index (χ0) is 14.2. The Balaban J connectivity index is 2.13. The highest BCUT2D eigenvalue weighted by Crippen LogP contribution is 2.72. The smallest absolute Gasteiger partial charge is 0.145 e. The van der Waals surface area contributed by atoms with Crippen molar-refractivity contribution in [3.63, 3.8) is 0 Å². The van der Waals surface area contributed by atoms with E-state index in [1.54, 1.807) is 13.8 Å². The third-order valence-electron chi connectivity index (χ3n) is 6.67. The lowest BCUT2D eigenvalue weighted by Gasteiger charge is -2.48. The van der Waals surface area contributed by atoms with Crippen LogP contribution >= 0.6 is 0 Å². The predicted octanol–water partition coefficient (Wildman–Crippen LogP) is 0.732. The average molecular weight is 268 g/mol. The summed E-state index contributed by atoms with van der Waals surface area (Å²) >= 11 is 0. The summed E-state index contributed by atoms with van der Waals surface area (Å²) in [6, 6.07) is 0. The fourth-order valence-corrected chi connectivity index (χ4v) is 5.49. The van der Waals surface area contributed by atoms with Gasteiger partial charge in [-0.1, -0.05) is 6.92 Å². The van der Waals surface area contributed by atoms with Crippen LogP contribution in [0.25, 0.3) is 0 Å². The SMILES string of the molecule is CC(C)(O)C1CC(O)C2(C)C3CCC2(CO)C(=O)C13. The number of ketones is 1. The summed E-state index contributed by atoms with van der Waals surface area (Å²) in [6.45, 7) is 5.23. The van der Waals surface area contributed by atoms with Crippen molar-refractivity contribution in [1.82, 2.24) is 0 Å². The molecule has 3 aliphatic carbocycles. The van der Waals surface area contributed by atoms with Crippen LogP contribution < -0.4 is 0 Å². The van der Waals surface area contributed by atoms with Crippen molar-refractivity contribution < 1.29 is 20.1 Å². The van der Waals surface area contributed by atoms with Gasteiger partial charge in [-0.15, -0.1) is 0 Å². The van der Waals surface area contributed by atoms with E-state index in [0.29, 0.717) is 12.8 Å². The number of hydrogen-bond donors (Lipinski definition) is 3. The Morgan fingerprint density at radius 1 is 1.42 bits per heavy atom. The van der Waals surface area contributed by atoms with Gasteiger partial charge >= 0.3 is 0 Å². The monoisotopic (exact) mass is 268 g/mol. The van der Waals surface area contributed by atoms with Crippen molar-refractivity contribution in [3.8, 4) is 0 Å². The van der Waals surface area contributed by atoms with Gasteiger partial charge in [0.25, 0.3) is 0 Å². The van der Waals surface area contributed by atoms with Crippen LogP contribution in [0.5, 0.6) is 0 Å². The Hall–Kier alpha value is -0.450. The summed E-state index contributed by atoms with van der Waals surface area (Å²) in [5.41, 5.74) is -2.25. The van der Waals surface area contributed by atoms with E-state index in [9.17, 15) is 20.1 Å². The van der Waals surface area contributed by atoms with E-state index in [-0.39, 0.29) is 30.1 Å². The molecule has 4 nitrogen and oxygen atoms in total. The molecule has 0 radical (unpaired) electrons. The minimum absolute atomic E-state index is 0.0809. The second-order valence-corrected chi connectivity index (χ2v) is 7.57. The van der Waals surface area contributed by atoms with Crippen LogP contribution in [0, 0.1) is 28.6 Å². The highest BCUT2D eigenvalue weighted by Gasteiger charge is 2.76. The van der Waals surface area contributed by atoms with Crippen molar-refractivity contribution in [2.45, 2.75) is 51.7 Å². The van der Waals surface area contributed by atoms with E-state index in [1.165, 1.54) is 0 Å². The zero-order valence-electron chi connectivity index (χ0n) is 11.9. The first-order chi connectivity index (χ1) is 8.70. The molecule has 0 aliphatic heterocycles. The number of rotatable bonds is 2. The fourth-order valence-electron chi connectivity index (χ4n) is 5.49. The number of carbonyl (C=O) groups is 1. The predicted molar refractivity (Wildman–Crippen MR) is 69.3 cm³/mol. The Bertz CT molecular complexity index is 426. The van der Waals surface area contributed by atoms with Gasteiger partial charge in [0.15, 0.2) is 0 Å². The average Bonchev–Trinajstić information content (AvgIpc) is 2.69. The Morgan fingerprint density at radius 3 is 2.58 bits per heavy atom. The third-order valence-corrected chi connectivity index (χ3v) is 6.67. The van der Waals surface area contributed by atoms with Crippen molar-refractivity contribution in [1.29, 1.82) is 0 Å². The number of aliphatic hydroxyl groups is 3. The molecule has 0 heterocycles. The largest absolute Gasteiger partial charge is 0.395 e. The second-order valence-electron chi connectivity index (χ2n) is 7.57.